The minimum atomic E-state index is -0.687. The van der Waals surface area contributed by atoms with E-state index in [2.05, 4.69) is 53.7 Å². The van der Waals surface area contributed by atoms with Crippen LogP contribution in [0.1, 0.15) is 48.4 Å². The van der Waals surface area contributed by atoms with Gasteiger partial charge in [0.05, 0.1) is 11.1 Å². The van der Waals surface area contributed by atoms with E-state index in [-0.39, 0.29) is 17.5 Å². The number of amides is 1. The number of nitrogens with one attached hydrogen (secondary N) is 1. The molecule has 0 unspecified atom stereocenters. The summed E-state index contributed by atoms with van der Waals surface area (Å²) in [5.41, 5.74) is 7.51. The SMILES string of the molecule is C=C=C(CCc1ccc(F)cc1)N1CCC(Cc2ccccc2F)(C(=O)NCCc2ccc(CC)cc2)CC1. The van der Waals surface area contributed by atoms with Gasteiger partial charge < -0.3 is 10.2 Å². The zero-order valence-corrected chi connectivity index (χ0v) is 22.8. The van der Waals surface area contributed by atoms with Gasteiger partial charge in [0.25, 0.3) is 0 Å². The number of hydrogen-bond acceptors (Lipinski definition) is 2. The molecule has 204 valence electrons. The van der Waals surface area contributed by atoms with Gasteiger partial charge in [-0.3, -0.25) is 4.79 Å². The van der Waals surface area contributed by atoms with Gasteiger partial charge in [-0.15, -0.1) is 5.73 Å². The minimum Gasteiger partial charge on any atom is -0.369 e. The molecule has 1 saturated heterocycles. The summed E-state index contributed by atoms with van der Waals surface area (Å²) < 4.78 is 27.9. The third-order valence-corrected chi connectivity index (χ3v) is 7.97. The Balaban J connectivity index is 1.41. The van der Waals surface area contributed by atoms with Crippen molar-refractivity contribution in [2.45, 2.75) is 51.9 Å². The number of halogens is 2. The first-order chi connectivity index (χ1) is 18.9. The van der Waals surface area contributed by atoms with Crippen LogP contribution in [0.25, 0.3) is 0 Å². The Labute approximate surface area is 231 Å². The molecule has 3 aromatic carbocycles. The van der Waals surface area contributed by atoms with Crippen LogP contribution in [-0.4, -0.2) is 30.4 Å². The molecule has 0 spiro atoms. The zero-order valence-electron chi connectivity index (χ0n) is 22.8. The lowest BCUT2D eigenvalue weighted by molar-refractivity contribution is -0.133. The highest BCUT2D eigenvalue weighted by molar-refractivity contribution is 5.83. The molecule has 1 aliphatic rings. The summed E-state index contributed by atoms with van der Waals surface area (Å²) in [5, 5.41) is 3.17. The average Bonchev–Trinajstić information content (AvgIpc) is 2.96. The topological polar surface area (TPSA) is 32.3 Å². The first kappa shape index (κ1) is 28.3. The predicted octanol–water partition coefficient (Wildman–Crippen LogP) is 6.81. The summed E-state index contributed by atoms with van der Waals surface area (Å²) in [5.74, 6) is -0.520. The second-order valence-electron chi connectivity index (χ2n) is 10.5. The van der Waals surface area contributed by atoms with Gasteiger partial charge in [0.2, 0.25) is 5.91 Å². The van der Waals surface area contributed by atoms with E-state index in [9.17, 15) is 13.6 Å². The first-order valence-electron chi connectivity index (χ1n) is 13.9. The second-order valence-corrected chi connectivity index (χ2v) is 10.5. The van der Waals surface area contributed by atoms with Crippen LogP contribution >= 0.6 is 0 Å². The Bertz CT molecular complexity index is 1290. The quantitative estimate of drug-likeness (QED) is 0.277. The molecular weight excluding hydrogens is 490 g/mol. The molecule has 4 rings (SSSR count). The van der Waals surface area contributed by atoms with E-state index in [4.69, 9.17) is 0 Å². The molecule has 5 heteroatoms. The third kappa shape index (κ3) is 7.46. The van der Waals surface area contributed by atoms with Gasteiger partial charge in [-0.2, -0.15) is 0 Å². The molecule has 0 radical (unpaired) electrons. The van der Waals surface area contributed by atoms with Crippen LogP contribution < -0.4 is 5.32 Å². The number of nitrogens with zero attached hydrogens (tertiary/aromatic N) is 1. The summed E-state index contributed by atoms with van der Waals surface area (Å²) in [7, 11) is 0. The number of benzene rings is 3. The Morgan fingerprint density at radius 1 is 0.923 bits per heavy atom. The van der Waals surface area contributed by atoms with Gasteiger partial charge in [0, 0.05) is 19.6 Å². The Kier molecular flexibility index (Phi) is 9.73. The Morgan fingerprint density at radius 2 is 1.54 bits per heavy atom. The fraction of sp³-hybridized carbons (Fsp3) is 0.353. The normalized spacial score (nSPS) is 14.5. The summed E-state index contributed by atoms with van der Waals surface area (Å²) in [6.45, 7) is 7.92. The van der Waals surface area contributed by atoms with Crippen molar-refractivity contribution in [3.8, 4) is 0 Å². The summed E-state index contributed by atoms with van der Waals surface area (Å²) in [6.07, 6.45) is 4.84. The van der Waals surface area contributed by atoms with Gasteiger partial charge in [-0.05, 0) is 85.4 Å². The standard InChI is InChI=1S/C34H38F2N2O/c1-3-26-9-11-28(12-10-26)19-22-37-33(39)34(25-29-7-5-6-8-32(29)36)20-23-38(24-21-34)31(4-2)18-15-27-13-16-30(35)17-14-27/h5-14,16-17H,2-3,15,18-25H2,1H3,(H,37,39). The molecule has 1 N–H and O–H groups in total. The molecule has 39 heavy (non-hydrogen) atoms. The molecule has 3 nitrogen and oxygen atoms in total. The van der Waals surface area contributed by atoms with Crippen molar-refractivity contribution in [1.82, 2.24) is 10.2 Å². The number of aryl methyl sites for hydroxylation is 2. The first-order valence-corrected chi connectivity index (χ1v) is 13.9. The molecule has 1 aliphatic heterocycles. The molecule has 1 fully saturated rings. The molecule has 0 bridgehead atoms. The number of carbonyl (C=O) groups excluding carboxylic acids is 1. The maximum Gasteiger partial charge on any atom is 0.226 e. The zero-order chi connectivity index (χ0) is 27.7. The fourth-order valence-corrected chi connectivity index (χ4v) is 5.42. The van der Waals surface area contributed by atoms with Crippen molar-refractivity contribution in [3.05, 3.63) is 125 Å². The van der Waals surface area contributed by atoms with E-state index in [0.29, 0.717) is 44.5 Å². The highest BCUT2D eigenvalue weighted by Crippen LogP contribution is 2.37. The van der Waals surface area contributed by atoms with E-state index in [1.807, 2.05) is 6.07 Å². The summed E-state index contributed by atoms with van der Waals surface area (Å²) in [4.78, 5) is 15.9. The van der Waals surface area contributed by atoms with Crippen molar-refractivity contribution in [2.24, 2.45) is 5.41 Å². The maximum atomic E-state index is 14.7. The van der Waals surface area contributed by atoms with Gasteiger partial charge in [0.15, 0.2) is 0 Å². The highest BCUT2D eigenvalue weighted by atomic mass is 19.1. The van der Waals surface area contributed by atoms with Gasteiger partial charge in [0.1, 0.15) is 11.6 Å². The molecule has 0 atom stereocenters. The van der Waals surface area contributed by atoms with Crippen LogP contribution in [-0.2, 0) is 30.5 Å². The highest BCUT2D eigenvalue weighted by Gasteiger charge is 2.42. The molecule has 3 aromatic rings. The van der Waals surface area contributed by atoms with Crippen molar-refractivity contribution in [1.29, 1.82) is 0 Å². The van der Waals surface area contributed by atoms with Crippen LogP contribution in [0.2, 0.25) is 0 Å². The summed E-state index contributed by atoms with van der Waals surface area (Å²) in [6, 6.07) is 21.8. The molecule has 0 saturated carbocycles. The largest absolute Gasteiger partial charge is 0.369 e. The Morgan fingerprint density at radius 3 is 2.18 bits per heavy atom. The monoisotopic (exact) mass is 528 g/mol. The number of allylic oxidation sites excluding steroid dienone is 1. The number of piperidine rings is 1. The minimum absolute atomic E-state index is 0.00831. The van der Waals surface area contributed by atoms with Gasteiger partial charge in [-0.1, -0.05) is 68.1 Å². The van der Waals surface area contributed by atoms with Crippen LogP contribution in [0.4, 0.5) is 8.78 Å². The lowest BCUT2D eigenvalue weighted by Gasteiger charge is -2.42. The fourth-order valence-electron chi connectivity index (χ4n) is 5.42. The van der Waals surface area contributed by atoms with Crippen LogP contribution in [0.15, 0.2) is 90.8 Å². The Hall–Kier alpha value is -3.69. The predicted molar refractivity (Wildman–Crippen MR) is 153 cm³/mol. The summed E-state index contributed by atoms with van der Waals surface area (Å²) >= 11 is 0. The van der Waals surface area contributed by atoms with E-state index in [0.717, 1.165) is 36.9 Å². The van der Waals surface area contributed by atoms with Gasteiger partial charge in [-0.25, -0.2) is 8.78 Å². The lowest BCUT2D eigenvalue weighted by Crippen LogP contribution is -2.50. The molecule has 0 aliphatic carbocycles. The number of likely N-dealkylation sites (tertiary alicyclic amines) is 1. The van der Waals surface area contributed by atoms with Crippen molar-refractivity contribution >= 4 is 5.91 Å². The van der Waals surface area contributed by atoms with E-state index >= 15 is 0 Å². The van der Waals surface area contributed by atoms with Crippen LogP contribution in [0.5, 0.6) is 0 Å². The lowest BCUT2D eigenvalue weighted by atomic mass is 9.72. The second kappa shape index (κ2) is 13.4. The number of hydrogen-bond donors (Lipinski definition) is 1. The molecule has 0 aromatic heterocycles. The maximum absolute atomic E-state index is 14.7. The third-order valence-electron chi connectivity index (χ3n) is 7.97. The number of carbonyl (C=O) groups is 1. The van der Waals surface area contributed by atoms with E-state index in [1.54, 1.807) is 24.3 Å². The van der Waals surface area contributed by atoms with Crippen molar-refractivity contribution < 1.29 is 13.6 Å². The van der Waals surface area contributed by atoms with E-state index in [1.165, 1.54) is 29.3 Å². The van der Waals surface area contributed by atoms with Crippen LogP contribution in [0, 0.1) is 17.0 Å². The molecular formula is C34H38F2N2O. The smallest absolute Gasteiger partial charge is 0.226 e. The van der Waals surface area contributed by atoms with Crippen LogP contribution in [0.3, 0.4) is 0 Å². The average molecular weight is 529 g/mol. The molecule has 1 heterocycles. The van der Waals surface area contributed by atoms with Crippen molar-refractivity contribution in [2.75, 3.05) is 19.6 Å². The molecule has 1 amide bonds. The van der Waals surface area contributed by atoms with E-state index < -0.39 is 5.41 Å². The number of rotatable bonds is 11. The van der Waals surface area contributed by atoms with Gasteiger partial charge >= 0.3 is 0 Å². The van der Waals surface area contributed by atoms with Crippen molar-refractivity contribution in [3.63, 3.8) is 0 Å².